The van der Waals surface area contributed by atoms with Crippen molar-refractivity contribution < 1.29 is 4.79 Å². The van der Waals surface area contributed by atoms with E-state index in [9.17, 15) is 4.79 Å². The van der Waals surface area contributed by atoms with Crippen LogP contribution >= 0.6 is 0 Å². The zero-order valence-corrected chi connectivity index (χ0v) is 12.1. The van der Waals surface area contributed by atoms with Gasteiger partial charge in [0.2, 0.25) is 0 Å². The van der Waals surface area contributed by atoms with Gasteiger partial charge in [0, 0.05) is 12.7 Å². The van der Waals surface area contributed by atoms with Gasteiger partial charge >= 0.3 is 6.03 Å². The van der Waals surface area contributed by atoms with Crippen molar-refractivity contribution in [3.05, 3.63) is 24.5 Å². The highest BCUT2D eigenvalue weighted by atomic mass is 16.2. The van der Waals surface area contributed by atoms with E-state index in [2.05, 4.69) is 27.4 Å². The third-order valence-corrected chi connectivity index (χ3v) is 3.73. The van der Waals surface area contributed by atoms with Crippen LogP contribution in [0.5, 0.6) is 0 Å². The first-order chi connectivity index (χ1) is 9.74. The van der Waals surface area contributed by atoms with E-state index >= 15 is 0 Å². The lowest BCUT2D eigenvalue weighted by Crippen LogP contribution is -2.36. The molecule has 0 atom stereocenters. The SMILES string of the molecule is CC1CCN(CCCNC(=O)Nc2cccnc2)CC1. The van der Waals surface area contributed by atoms with Gasteiger partial charge in [-0.3, -0.25) is 4.98 Å². The van der Waals surface area contributed by atoms with Crippen molar-refractivity contribution in [3.63, 3.8) is 0 Å². The molecular weight excluding hydrogens is 252 g/mol. The minimum Gasteiger partial charge on any atom is -0.338 e. The maximum Gasteiger partial charge on any atom is 0.319 e. The van der Waals surface area contributed by atoms with Gasteiger partial charge in [-0.1, -0.05) is 6.92 Å². The Kier molecular flexibility index (Phi) is 5.80. The van der Waals surface area contributed by atoms with Gasteiger partial charge < -0.3 is 15.5 Å². The van der Waals surface area contributed by atoms with Crippen molar-refractivity contribution in [1.29, 1.82) is 0 Å². The van der Waals surface area contributed by atoms with Gasteiger partial charge in [-0.25, -0.2) is 4.79 Å². The highest BCUT2D eigenvalue weighted by Crippen LogP contribution is 2.15. The summed E-state index contributed by atoms with van der Waals surface area (Å²) < 4.78 is 0. The molecule has 0 unspecified atom stereocenters. The average Bonchev–Trinajstić information content (AvgIpc) is 2.46. The fraction of sp³-hybridized carbons (Fsp3) is 0.600. The Balaban J connectivity index is 1.56. The molecule has 20 heavy (non-hydrogen) atoms. The largest absolute Gasteiger partial charge is 0.338 e. The lowest BCUT2D eigenvalue weighted by molar-refractivity contribution is 0.190. The first-order valence-electron chi connectivity index (χ1n) is 7.41. The summed E-state index contributed by atoms with van der Waals surface area (Å²) in [5, 5.41) is 5.64. The summed E-state index contributed by atoms with van der Waals surface area (Å²) in [6.45, 7) is 6.49. The van der Waals surface area contributed by atoms with E-state index in [0.29, 0.717) is 6.54 Å². The molecule has 2 amide bonds. The van der Waals surface area contributed by atoms with Gasteiger partial charge in [-0.2, -0.15) is 0 Å². The van der Waals surface area contributed by atoms with Crippen molar-refractivity contribution in [2.45, 2.75) is 26.2 Å². The van der Waals surface area contributed by atoms with Crippen LogP contribution in [0.1, 0.15) is 26.2 Å². The van der Waals surface area contributed by atoms with Crippen LogP contribution in [0.15, 0.2) is 24.5 Å². The minimum absolute atomic E-state index is 0.162. The molecule has 2 heterocycles. The van der Waals surface area contributed by atoms with E-state index in [1.807, 2.05) is 6.07 Å². The van der Waals surface area contributed by atoms with Crippen molar-refractivity contribution in [1.82, 2.24) is 15.2 Å². The van der Waals surface area contributed by atoms with Gasteiger partial charge in [0.1, 0.15) is 0 Å². The van der Waals surface area contributed by atoms with Crippen LogP contribution in [0.4, 0.5) is 10.5 Å². The van der Waals surface area contributed by atoms with Crippen LogP contribution in [0, 0.1) is 5.92 Å². The summed E-state index contributed by atoms with van der Waals surface area (Å²) in [5.41, 5.74) is 0.718. The predicted octanol–water partition coefficient (Wildman–Crippen LogP) is 2.33. The normalized spacial score (nSPS) is 16.9. The van der Waals surface area contributed by atoms with E-state index in [0.717, 1.165) is 24.6 Å². The van der Waals surface area contributed by atoms with E-state index < -0.39 is 0 Å². The number of carbonyl (C=O) groups is 1. The molecule has 0 aromatic carbocycles. The van der Waals surface area contributed by atoms with Crippen LogP contribution in [0.2, 0.25) is 0 Å². The Morgan fingerprint density at radius 1 is 1.45 bits per heavy atom. The molecule has 0 radical (unpaired) electrons. The minimum atomic E-state index is -0.162. The Morgan fingerprint density at radius 3 is 2.95 bits per heavy atom. The number of likely N-dealkylation sites (tertiary alicyclic amines) is 1. The van der Waals surface area contributed by atoms with Gasteiger partial charge in [0.15, 0.2) is 0 Å². The number of aromatic nitrogens is 1. The van der Waals surface area contributed by atoms with E-state index in [1.54, 1.807) is 18.5 Å². The van der Waals surface area contributed by atoms with Gasteiger partial charge in [0.25, 0.3) is 0 Å². The molecule has 0 spiro atoms. The van der Waals surface area contributed by atoms with Crippen LogP contribution < -0.4 is 10.6 Å². The number of rotatable bonds is 5. The van der Waals surface area contributed by atoms with Crippen LogP contribution in [0.25, 0.3) is 0 Å². The molecule has 2 rings (SSSR count). The Hall–Kier alpha value is -1.62. The number of carbonyl (C=O) groups excluding carboxylic acids is 1. The number of urea groups is 1. The number of nitrogens with zero attached hydrogens (tertiary/aromatic N) is 2. The first-order valence-corrected chi connectivity index (χ1v) is 7.41. The molecule has 1 aliphatic heterocycles. The molecule has 1 aromatic rings. The number of piperidine rings is 1. The zero-order chi connectivity index (χ0) is 14.2. The highest BCUT2D eigenvalue weighted by molar-refractivity contribution is 5.88. The van der Waals surface area contributed by atoms with Crippen molar-refractivity contribution in [2.75, 3.05) is 31.5 Å². The molecule has 1 aliphatic rings. The Bertz CT molecular complexity index is 402. The van der Waals surface area contributed by atoms with Crippen LogP contribution in [0.3, 0.4) is 0 Å². The number of anilines is 1. The summed E-state index contributed by atoms with van der Waals surface area (Å²) in [5.74, 6) is 0.870. The molecule has 1 saturated heterocycles. The maximum absolute atomic E-state index is 11.6. The quantitative estimate of drug-likeness (QED) is 0.812. The monoisotopic (exact) mass is 276 g/mol. The Labute approximate surface area is 120 Å². The highest BCUT2D eigenvalue weighted by Gasteiger charge is 2.14. The molecule has 5 nitrogen and oxygen atoms in total. The zero-order valence-electron chi connectivity index (χ0n) is 12.1. The maximum atomic E-state index is 11.6. The molecule has 110 valence electrons. The van der Waals surface area contributed by atoms with Crippen molar-refractivity contribution >= 4 is 11.7 Å². The topological polar surface area (TPSA) is 57.3 Å². The fourth-order valence-corrected chi connectivity index (χ4v) is 2.40. The third kappa shape index (κ3) is 5.17. The third-order valence-electron chi connectivity index (χ3n) is 3.73. The second-order valence-electron chi connectivity index (χ2n) is 5.50. The number of pyridine rings is 1. The van der Waals surface area contributed by atoms with Gasteiger partial charge in [-0.05, 0) is 56.9 Å². The molecule has 5 heteroatoms. The summed E-state index contributed by atoms with van der Waals surface area (Å²) in [7, 11) is 0. The van der Waals surface area contributed by atoms with E-state index in [4.69, 9.17) is 0 Å². The van der Waals surface area contributed by atoms with Crippen LogP contribution in [-0.4, -0.2) is 42.1 Å². The number of hydrogen-bond donors (Lipinski definition) is 2. The molecular formula is C15H24N4O. The molecule has 1 fully saturated rings. The summed E-state index contributed by atoms with van der Waals surface area (Å²) >= 11 is 0. The van der Waals surface area contributed by atoms with Gasteiger partial charge in [-0.15, -0.1) is 0 Å². The van der Waals surface area contributed by atoms with Gasteiger partial charge in [0.05, 0.1) is 11.9 Å². The van der Waals surface area contributed by atoms with E-state index in [-0.39, 0.29) is 6.03 Å². The molecule has 0 saturated carbocycles. The van der Waals surface area contributed by atoms with E-state index in [1.165, 1.54) is 25.9 Å². The van der Waals surface area contributed by atoms with Crippen molar-refractivity contribution in [2.24, 2.45) is 5.92 Å². The number of nitrogens with one attached hydrogen (secondary N) is 2. The molecule has 2 N–H and O–H groups in total. The summed E-state index contributed by atoms with van der Waals surface area (Å²) in [6.07, 6.45) is 6.91. The fourth-order valence-electron chi connectivity index (χ4n) is 2.40. The number of amides is 2. The Morgan fingerprint density at radius 2 is 2.25 bits per heavy atom. The summed E-state index contributed by atoms with van der Waals surface area (Å²) in [6, 6.07) is 3.46. The lowest BCUT2D eigenvalue weighted by Gasteiger charge is -2.30. The second-order valence-corrected chi connectivity index (χ2v) is 5.50. The first kappa shape index (κ1) is 14.8. The molecule has 0 aliphatic carbocycles. The molecule has 1 aromatic heterocycles. The second kappa shape index (κ2) is 7.85. The predicted molar refractivity (Wildman–Crippen MR) is 80.7 cm³/mol. The summed E-state index contributed by atoms with van der Waals surface area (Å²) in [4.78, 5) is 18.1. The lowest BCUT2D eigenvalue weighted by atomic mass is 9.99. The molecule has 0 bridgehead atoms. The van der Waals surface area contributed by atoms with Crippen molar-refractivity contribution in [3.8, 4) is 0 Å². The van der Waals surface area contributed by atoms with Crippen LogP contribution in [-0.2, 0) is 0 Å². The standard InChI is InChI=1S/C15H24N4O/c1-13-5-10-19(11-6-13)9-3-8-17-15(20)18-14-4-2-7-16-12-14/h2,4,7,12-13H,3,5-6,8-11H2,1H3,(H2,17,18,20). The smallest absolute Gasteiger partial charge is 0.319 e. The number of hydrogen-bond acceptors (Lipinski definition) is 3. The average molecular weight is 276 g/mol.